The zero-order chi connectivity index (χ0) is 18.5. The van der Waals surface area contributed by atoms with Gasteiger partial charge in [0.15, 0.2) is 0 Å². The third-order valence-electron chi connectivity index (χ3n) is 4.93. The second-order valence-electron chi connectivity index (χ2n) is 6.71. The normalized spacial score (nSPS) is 16.3. The van der Waals surface area contributed by atoms with E-state index >= 15 is 0 Å². The summed E-state index contributed by atoms with van der Waals surface area (Å²) >= 11 is 1.38. The number of likely N-dealkylation sites (tertiary alicyclic amines) is 1. The van der Waals surface area contributed by atoms with Gasteiger partial charge in [-0.15, -0.1) is 11.3 Å². The molecule has 26 heavy (non-hydrogen) atoms. The van der Waals surface area contributed by atoms with E-state index in [1.165, 1.54) is 16.2 Å². The number of hydrogen-bond donors (Lipinski definition) is 1. The van der Waals surface area contributed by atoms with Gasteiger partial charge in [-0.3, -0.25) is 9.59 Å². The summed E-state index contributed by atoms with van der Waals surface area (Å²) in [6, 6.07) is 13.3. The summed E-state index contributed by atoms with van der Waals surface area (Å²) in [6.45, 7) is 1.32. The van der Waals surface area contributed by atoms with Crippen molar-refractivity contribution < 1.29 is 14.7 Å². The number of hydrogen-bond acceptors (Lipinski definition) is 4. The maximum atomic E-state index is 12.5. The number of rotatable bonds is 5. The molecule has 0 saturated carbocycles. The van der Waals surface area contributed by atoms with Crippen LogP contribution in [0.4, 0.5) is 0 Å². The van der Waals surface area contributed by atoms with Crippen molar-refractivity contribution in [3.8, 4) is 0 Å². The number of amides is 2. The Bertz CT molecular complexity index is 725. The number of aliphatic hydroxyl groups excluding tert-OH is 1. The summed E-state index contributed by atoms with van der Waals surface area (Å²) in [5, 5.41) is 12.4. The van der Waals surface area contributed by atoms with Gasteiger partial charge in [-0.25, -0.2) is 0 Å². The minimum atomic E-state index is -0.489. The Morgan fingerprint density at radius 1 is 1.19 bits per heavy atom. The van der Waals surface area contributed by atoms with Crippen LogP contribution in [0, 0.1) is 5.92 Å². The molecule has 1 aromatic carbocycles. The van der Waals surface area contributed by atoms with Crippen LogP contribution >= 0.6 is 11.3 Å². The summed E-state index contributed by atoms with van der Waals surface area (Å²) in [4.78, 5) is 28.7. The molecule has 1 aromatic heterocycles. The second-order valence-corrected chi connectivity index (χ2v) is 7.66. The Balaban J connectivity index is 1.50. The van der Waals surface area contributed by atoms with Gasteiger partial charge in [-0.05, 0) is 35.8 Å². The summed E-state index contributed by atoms with van der Waals surface area (Å²) in [5.74, 6) is -0.000256. The molecule has 2 aromatic rings. The van der Waals surface area contributed by atoms with E-state index in [0.717, 1.165) is 18.4 Å². The number of piperidine rings is 1. The number of aliphatic hydroxyl groups is 1. The van der Waals surface area contributed by atoms with Crippen LogP contribution in [0.15, 0.2) is 47.8 Å². The van der Waals surface area contributed by atoms with Crippen LogP contribution in [0.25, 0.3) is 0 Å². The number of likely N-dealkylation sites (N-methyl/N-ethyl adjacent to an activating group) is 1. The van der Waals surface area contributed by atoms with E-state index in [1.54, 1.807) is 18.0 Å². The maximum Gasteiger partial charge on any atom is 0.264 e. The third-order valence-corrected chi connectivity index (χ3v) is 5.79. The zero-order valence-corrected chi connectivity index (χ0v) is 15.7. The zero-order valence-electron chi connectivity index (χ0n) is 14.9. The average molecular weight is 372 g/mol. The first-order valence-electron chi connectivity index (χ1n) is 8.86. The highest BCUT2D eigenvalue weighted by Crippen LogP contribution is 2.30. The topological polar surface area (TPSA) is 60.9 Å². The highest BCUT2D eigenvalue weighted by molar-refractivity contribution is 7.12. The van der Waals surface area contributed by atoms with Gasteiger partial charge in [0, 0.05) is 20.1 Å². The first kappa shape index (κ1) is 18.6. The highest BCUT2D eigenvalue weighted by Gasteiger charge is 2.29. The Kier molecular flexibility index (Phi) is 6.06. The molecule has 138 valence electrons. The largest absolute Gasteiger partial charge is 0.388 e. The van der Waals surface area contributed by atoms with Gasteiger partial charge >= 0.3 is 0 Å². The highest BCUT2D eigenvalue weighted by atomic mass is 32.1. The SMILES string of the molecule is CN(CC(=O)N1CCC(C(O)c2ccccc2)CC1)C(=O)c1cccs1. The average Bonchev–Trinajstić information content (AvgIpc) is 3.22. The molecule has 2 heterocycles. The van der Waals surface area contributed by atoms with Gasteiger partial charge in [-0.1, -0.05) is 36.4 Å². The monoisotopic (exact) mass is 372 g/mol. The van der Waals surface area contributed by atoms with Crippen LogP contribution in [-0.4, -0.2) is 53.4 Å². The molecule has 0 bridgehead atoms. The van der Waals surface area contributed by atoms with Crippen molar-refractivity contribution >= 4 is 23.2 Å². The number of nitrogens with zero attached hydrogens (tertiary/aromatic N) is 2. The molecule has 1 unspecified atom stereocenters. The van der Waals surface area contributed by atoms with E-state index in [-0.39, 0.29) is 24.3 Å². The van der Waals surface area contributed by atoms with Crippen molar-refractivity contribution in [1.29, 1.82) is 0 Å². The first-order chi connectivity index (χ1) is 12.6. The molecule has 6 heteroatoms. The van der Waals surface area contributed by atoms with Gasteiger partial charge in [0.2, 0.25) is 5.91 Å². The van der Waals surface area contributed by atoms with Crippen molar-refractivity contribution in [2.24, 2.45) is 5.92 Å². The Labute approximate surface area is 157 Å². The van der Waals surface area contributed by atoms with E-state index in [2.05, 4.69) is 0 Å². The van der Waals surface area contributed by atoms with Crippen molar-refractivity contribution in [1.82, 2.24) is 9.80 Å². The third kappa shape index (κ3) is 4.31. The van der Waals surface area contributed by atoms with Gasteiger partial charge in [0.25, 0.3) is 5.91 Å². The molecule has 0 radical (unpaired) electrons. The van der Waals surface area contributed by atoms with E-state index in [4.69, 9.17) is 0 Å². The van der Waals surface area contributed by atoms with Crippen LogP contribution in [0.5, 0.6) is 0 Å². The van der Waals surface area contributed by atoms with Crippen molar-refractivity contribution in [2.45, 2.75) is 18.9 Å². The first-order valence-corrected chi connectivity index (χ1v) is 9.74. The molecule has 1 N–H and O–H groups in total. The van der Waals surface area contributed by atoms with Gasteiger partial charge < -0.3 is 14.9 Å². The van der Waals surface area contributed by atoms with Crippen LogP contribution in [0.3, 0.4) is 0 Å². The molecule has 1 saturated heterocycles. The number of carbonyl (C=O) groups is 2. The lowest BCUT2D eigenvalue weighted by Crippen LogP contribution is -2.45. The molecule has 1 aliphatic rings. The number of benzene rings is 1. The summed E-state index contributed by atoms with van der Waals surface area (Å²) < 4.78 is 0. The summed E-state index contributed by atoms with van der Waals surface area (Å²) in [5.41, 5.74) is 0.929. The van der Waals surface area contributed by atoms with E-state index in [1.807, 2.05) is 41.8 Å². The van der Waals surface area contributed by atoms with Crippen molar-refractivity contribution in [3.63, 3.8) is 0 Å². The fourth-order valence-corrected chi connectivity index (χ4v) is 4.07. The van der Waals surface area contributed by atoms with E-state index < -0.39 is 6.10 Å². The molecule has 1 fully saturated rings. The van der Waals surface area contributed by atoms with Crippen molar-refractivity contribution in [3.05, 3.63) is 58.3 Å². The fraction of sp³-hybridized carbons (Fsp3) is 0.400. The maximum absolute atomic E-state index is 12.5. The minimum absolute atomic E-state index is 0.0370. The minimum Gasteiger partial charge on any atom is -0.388 e. The summed E-state index contributed by atoms with van der Waals surface area (Å²) in [7, 11) is 1.66. The number of carbonyl (C=O) groups excluding carboxylic acids is 2. The predicted octanol–water partition coefficient (Wildman–Crippen LogP) is 2.79. The van der Waals surface area contributed by atoms with Crippen molar-refractivity contribution in [2.75, 3.05) is 26.7 Å². The molecule has 0 aliphatic carbocycles. The Morgan fingerprint density at radius 2 is 1.88 bits per heavy atom. The molecular formula is C20H24N2O3S. The molecular weight excluding hydrogens is 348 g/mol. The molecule has 0 spiro atoms. The lowest BCUT2D eigenvalue weighted by Gasteiger charge is -2.35. The van der Waals surface area contributed by atoms with Gasteiger partial charge in [-0.2, -0.15) is 0 Å². The molecule has 1 atom stereocenters. The quantitative estimate of drug-likeness (QED) is 0.878. The number of thiophene rings is 1. The Morgan fingerprint density at radius 3 is 2.50 bits per heavy atom. The smallest absolute Gasteiger partial charge is 0.264 e. The predicted molar refractivity (Wildman–Crippen MR) is 102 cm³/mol. The molecule has 2 amide bonds. The van der Waals surface area contributed by atoms with E-state index in [0.29, 0.717) is 18.0 Å². The lowest BCUT2D eigenvalue weighted by molar-refractivity contribution is -0.133. The standard InChI is InChI=1S/C20H24N2O3S/c1-21(20(25)17-8-5-13-26-17)14-18(23)22-11-9-16(10-12-22)19(24)15-6-3-2-4-7-15/h2-8,13,16,19,24H,9-12,14H2,1H3. The van der Waals surface area contributed by atoms with Crippen LogP contribution in [0.1, 0.15) is 34.2 Å². The van der Waals surface area contributed by atoms with E-state index in [9.17, 15) is 14.7 Å². The van der Waals surface area contributed by atoms with Gasteiger partial charge in [0.1, 0.15) is 0 Å². The van der Waals surface area contributed by atoms with Crippen LogP contribution < -0.4 is 0 Å². The van der Waals surface area contributed by atoms with Gasteiger partial charge in [0.05, 0.1) is 17.5 Å². The van der Waals surface area contributed by atoms with Crippen LogP contribution in [0.2, 0.25) is 0 Å². The Hall–Kier alpha value is -2.18. The fourth-order valence-electron chi connectivity index (χ4n) is 3.35. The lowest BCUT2D eigenvalue weighted by atomic mass is 9.87. The summed E-state index contributed by atoms with van der Waals surface area (Å²) in [6.07, 6.45) is 1.05. The second kappa shape index (κ2) is 8.47. The van der Waals surface area contributed by atoms with Crippen LogP contribution in [-0.2, 0) is 4.79 Å². The molecule has 3 rings (SSSR count). The molecule has 5 nitrogen and oxygen atoms in total. The molecule has 1 aliphatic heterocycles.